The average molecular weight is 239 g/mol. The van der Waals surface area contributed by atoms with Gasteiger partial charge in [0.25, 0.3) is 0 Å². The van der Waals surface area contributed by atoms with Crippen LogP contribution in [0.1, 0.15) is 6.92 Å². The van der Waals surface area contributed by atoms with Gasteiger partial charge in [-0.15, -0.1) is 10.2 Å². The normalized spacial score (nSPS) is 11.5. The highest BCUT2D eigenvalue weighted by Gasteiger charge is 2.07. The van der Waals surface area contributed by atoms with Crippen LogP contribution >= 0.6 is 23.1 Å². The summed E-state index contributed by atoms with van der Waals surface area (Å²) in [5.41, 5.74) is 0. The summed E-state index contributed by atoms with van der Waals surface area (Å²) in [6.45, 7) is 2.00. The van der Waals surface area contributed by atoms with Crippen molar-refractivity contribution in [3.8, 4) is 0 Å². The summed E-state index contributed by atoms with van der Waals surface area (Å²) in [5, 5.41) is 7.79. The Morgan fingerprint density at radius 1 is 1.54 bits per heavy atom. The molecule has 0 amide bonds. The molecule has 0 atom stereocenters. The van der Waals surface area contributed by atoms with Crippen LogP contribution in [0, 0.1) is 0 Å². The lowest BCUT2D eigenvalue weighted by Gasteiger charge is -1.94. The van der Waals surface area contributed by atoms with E-state index in [4.69, 9.17) is 0 Å². The molecule has 1 aromatic heterocycles. The number of nitrogens with one attached hydrogen (secondary N) is 1. The van der Waals surface area contributed by atoms with Crippen molar-refractivity contribution in [2.24, 2.45) is 0 Å². The third-order valence-electron chi connectivity index (χ3n) is 0.947. The first kappa shape index (κ1) is 10.7. The molecule has 0 radical (unpaired) electrons. The van der Waals surface area contributed by atoms with Gasteiger partial charge in [-0.25, -0.2) is 8.42 Å². The molecule has 1 N–H and O–H groups in total. The second kappa shape index (κ2) is 4.25. The molecule has 5 nitrogen and oxygen atoms in total. The van der Waals surface area contributed by atoms with Crippen LogP contribution in [-0.4, -0.2) is 30.6 Å². The minimum absolute atomic E-state index is 0.318. The molecule has 74 valence electrons. The van der Waals surface area contributed by atoms with Gasteiger partial charge in [0.2, 0.25) is 15.2 Å². The highest BCUT2D eigenvalue weighted by molar-refractivity contribution is 8.01. The molecular weight excluding hydrogens is 230 g/mol. The molecule has 0 aliphatic rings. The molecule has 1 aromatic rings. The van der Waals surface area contributed by atoms with Gasteiger partial charge in [0, 0.05) is 0 Å². The van der Waals surface area contributed by atoms with Gasteiger partial charge in [0.15, 0.2) is 4.34 Å². The molecule has 1 heterocycles. The van der Waals surface area contributed by atoms with E-state index >= 15 is 0 Å². The van der Waals surface area contributed by atoms with Crippen molar-refractivity contribution in [3.05, 3.63) is 0 Å². The van der Waals surface area contributed by atoms with Crippen LogP contribution in [-0.2, 0) is 10.0 Å². The molecule has 0 aliphatic carbocycles. The fourth-order valence-electron chi connectivity index (χ4n) is 0.591. The Morgan fingerprint density at radius 3 is 2.77 bits per heavy atom. The van der Waals surface area contributed by atoms with E-state index in [1.54, 1.807) is 0 Å². The number of thioether (sulfide) groups is 1. The number of rotatable bonds is 4. The Hall–Kier alpha value is -0.340. The van der Waals surface area contributed by atoms with Gasteiger partial charge in [-0.3, -0.25) is 4.72 Å². The first-order valence-corrected chi connectivity index (χ1v) is 7.14. The molecular formula is C5H9N3O2S3. The van der Waals surface area contributed by atoms with Crippen molar-refractivity contribution in [2.75, 3.05) is 16.7 Å². The van der Waals surface area contributed by atoms with Crippen molar-refractivity contribution >= 4 is 38.3 Å². The third-order valence-corrected chi connectivity index (χ3v) is 3.49. The van der Waals surface area contributed by atoms with E-state index in [1.807, 2.05) is 6.92 Å². The van der Waals surface area contributed by atoms with E-state index in [0.29, 0.717) is 5.13 Å². The zero-order valence-electron chi connectivity index (χ0n) is 7.14. The van der Waals surface area contributed by atoms with Gasteiger partial charge in [-0.2, -0.15) is 0 Å². The Morgan fingerprint density at radius 2 is 2.23 bits per heavy atom. The summed E-state index contributed by atoms with van der Waals surface area (Å²) in [5.74, 6) is 0.896. The molecule has 0 spiro atoms. The first-order chi connectivity index (χ1) is 6.01. The summed E-state index contributed by atoms with van der Waals surface area (Å²) >= 11 is 2.77. The van der Waals surface area contributed by atoms with Crippen molar-refractivity contribution in [1.29, 1.82) is 0 Å². The lowest BCUT2D eigenvalue weighted by atomic mass is 11.0. The van der Waals surface area contributed by atoms with Gasteiger partial charge in [0.1, 0.15) is 0 Å². The fraction of sp³-hybridized carbons (Fsp3) is 0.600. The molecule has 1 rings (SSSR count). The monoisotopic (exact) mass is 239 g/mol. The van der Waals surface area contributed by atoms with E-state index in [9.17, 15) is 8.42 Å². The minimum atomic E-state index is -3.23. The Balaban J connectivity index is 2.69. The van der Waals surface area contributed by atoms with Gasteiger partial charge in [-0.1, -0.05) is 30.0 Å². The second-order valence-corrected chi connectivity index (χ2v) is 6.42. The van der Waals surface area contributed by atoms with Crippen LogP contribution in [0.25, 0.3) is 0 Å². The summed E-state index contributed by atoms with van der Waals surface area (Å²) in [7, 11) is -3.23. The molecule has 0 unspecified atom stereocenters. The predicted octanol–water partition coefficient (Wildman–Crippen LogP) is 1.02. The number of aromatic nitrogens is 2. The van der Waals surface area contributed by atoms with Crippen molar-refractivity contribution in [2.45, 2.75) is 11.3 Å². The van der Waals surface area contributed by atoms with E-state index in [-0.39, 0.29) is 0 Å². The maximum Gasteiger partial charge on any atom is 0.231 e. The summed E-state index contributed by atoms with van der Waals surface area (Å²) in [6.07, 6.45) is 1.08. The summed E-state index contributed by atoms with van der Waals surface area (Å²) in [6, 6.07) is 0. The highest BCUT2D eigenvalue weighted by Crippen LogP contribution is 2.25. The number of nitrogens with zero attached hydrogens (tertiary/aromatic N) is 2. The topological polar surface area (TPSA) is 72.0 Å². The zero-order chi connectivity index (χ0) is 9.90. The van der Waals surface area contributed by atoms with Crippen molar-refractivity contribution in [1.82, 2.24) is 10.2 Å². The standard InChI is InChI=1S/C5H9N3O2S3/c1-3-11-5-7-6-4(12-5)8-13(2,9)10/h3H2,1-2H3,(H,6,8). The molecule has 13 heavy (non-hydrogen) atoms. The van der Waals surface area contributed by atoms with Crippen molar-refractivity contribution in [3.63, 3.8) is 0 Å². The highest BCUT2D eigenvalue weighted by atomic mass is 32.2. The molecule has 0 bridgehead atoms. The SMILES string of the molecule is CCSc1nnc(NS(C)(=O)=O)s1. The molecule has 0 fully saturated rings. The van der Waals surface area contributed by atoms with Crippen LogP contribution in [0.15, 0.2) is 4.34 Å². The summed E-state index contributed by atoms with van der Waals surface area (Å²) in [4.78, 5) is 0. The van der Waals surface area contributed by atoms with Crippen LogP contribution < -0.4 is 4.72 Å². The Kier molecular flexibility index (Phi) is 3.51. The first-order valence-electron chi connectivity index (χ1n) is 3.45. The third kappa shape index (κ3) is 3.92. The average Bonchev–Trinajstić information content (AvgIpc) is 2.33. The molecule has 0 saturated carbocycles. The second-order valence-electron chi connectivity index (χ2n) is 2.18. The van der Waals surface area contributed by atoms with E-state index in [0.717, 1.165) is 16.3 Å². The van der Waals surface area contributed by atoms with Crippen LogP contribution in [0.3, 0.4) is 0 Å². The number of anilines is 1. The molecule has 0 aliphatic heterocycles. The van der Waals surface area contributed by atoms with E-state index in [1.165, 1.54) is 23.1 Å². The number of sulfonamides is 1. The van der Waals surface area contributed by atoms with E-state index in [2.05, 4.69) is 14.9 Å². The maximum atomic E-state index is 10.8. The summed E-state index contributed by atoms with van der Waals surface area (Å²) < 4.78 is 24.6. The lowest BCUT2D eigenvalue weighted by Crippen LogP contribution is -2.08. The predicted molar refractivity (Wildman–Crippen MR) is 54.8 cm³/mol. The van der Waals surface area contributed by atoms with Gasteiger partial charge in [0.05, 0.1) is 6.26 Å². The van der Waals surface area contributed by atoms with Crippen LogP contribution in [0.2, 0.25) is 0 Å². The van der Waals surface area contributed by atoms with Crippen LogP contribution in [0.5, 0.6) is 0 Å². The largest absolute Gasteiger partial charge is 0.257 e. The van der Waals surface area contributed by atoms with Crippen LogP contribution in [0.4, 0.5) is 5.13 Å². The molecule has 0 saturated heterocycles. The van der Waals surface area contributed by atoms with E-state index < -0.39 is 10.0 Å². The number of hydrogen-bond donors (Lipinski definition) is 1. The quantitative estimate of drug-likeness (QED) is 0.794. The van der Waals surface area contributed by atoms with Crippen molar-refractivity contribution < 1.29 is 8.42 Å². The zero-order valence-corrected chi connectivity index (χ0v) is 9.59. The van der Waals surface area contributed by atoms with Gasteiger partial charge < -0.3 is 0 Å². The van der Waals surface area contributed by atoms with Gasteiger partial charge >= 0.3 is 0 Å². The number of hydrogen-bond acceptors (Lipinski definition) is 6. The molecule has 0 aromatic carbocycles. The lowest BCUT2D eigenvalue weighted by molar-refractivity contribution is 0.606. The fourth-order valence-corrected chi connectivity index (χ4v) is 3.07. The molecule has 8 heteroatoms. The van der Waals surface area contributed by atoms with Gasteiger partial charge in [-0.05, 0) is 5.75 Å². The minimum Gasteiger partial charge on any atom is -0.257 e. The smallest absolute Gasteiger partial charge is 0.231 e. The maximum absolute atomic E-state index is 10.8. The Labute approximate surface area is 85.0 Å². The Bertz CT molecular complexity index is 372.